The molecule has 0 fully saturated rings. The van der Waals surface area contributed by atoms with Crippen molar-refractivity contribution in [3.63, 3.8) is 0 Å². The topological polar surface area (TPSA) is 52.1 Å². The van der Waals surface area contributed by atoms with Crippen LogP contribution in [0.1, 0.15) is 0 Å². The third-order valence-electron chi connectivity index (χ3n) is 9.54. The Bertz CT molecular complexity index is 2850. The van der Waals surface area contributed by atoms with Crippen LogP contribution in [-0.4, -0.2) is 9.97 Å². The Hall–Kier alpha value is -6.78. The van der Waals surface area contributed by atoms with Gasteiger partial charge in [0.1, 0.15) is 22.3 Å². The molecule has 0 bridgehead atoms. The molecule has 234 valence electrons. The van der Waals surface area contributed by atoms with Crippen molar-refractivity contribution in [2.45, 2.75) is 0 Å². The Morgan fingerprint density at radius 2 is 0.900 bits per heavy atom. The average Bonchev–Trinajstić information content (AvgIpc) is 3.78. The highest BCUT2D eigenvalue weighted by molar-refractivity contribution is 6.19. The zero-order valence-electron chi connectivity index (χ0n) is 26.9. The highest BCUT2D eigenvalue weighted by Crippen LogP contribution is 2.45. The summed E-state index contributed by atoms with van der Waals surface area (Å²) in [7, 11) is 0. The van der Waals surface area contributed by atoms with Crippen LogP contribution in [0.25, 0.3) is 100 Å². The Morgan fingerprint density at radius 3 is 1.68 bits per heavy atom. The summed E-state index contributed by atoms with van der Waals surface area (Å²) in [6.45, 7) is 0. The number of benzene rings is 7. The first kappa shape index (κ1) is 28.3. The first-order valence-corrected chi connectivity index (χ1v) is 16.7. The molecule has 0 saturated carbocycles. The van der Waals surface area contributed by atoms with Gasteiger partial charge in [0.05, 0.1) is 11.4 Å². The van der Waals surface area contributed by atoms with Gasteiger partial charge in [-0.2, -0.15) is 0 Å². The minimum atomic E-state index is 0.654. The third kappa shape index (κ3) is 4.61. The number of hydrogen-bond acceptors (Lipinski definition) is 4. The first-order chi connectivity index (χ1) is 24.8. The van der Waals surface area contributed by atoms with Crippen molar-refractivity contribution in [3.8, 4) is 56.2 Å². The van der Waals surface area contributed by atoms with Gasteiger partial charge in [-0.25, -0.2) is 9.97 Å². The van der Waals surface area contributed by atoms with Gasteiger partial charge in [0.25, 0.3) is 0 Å². The van der Waals surface area contributed by atoms with E-state index in [2.05, 4.69) is 121 Å². The van der Waals surface area contributed by atoms with Crippen LogP contribution < -0.4 is 0 Å². The zero-order chi connectivity index (χ0) is 33.0. The maximum atomic E-state index is 6.74. The van der Waals surface area contributed by atoms with E-state index in [0.29, 0.717) is 5.82 Å². The van der Waals surface area contributed by atoms with Crippen LogP contribution in [-0.2, 0) is 0 Å². The minimum Gasteiger partial charge on any atom is -0.455 e. The molecule has 7 aromatic carbocycles. The van der Waals surface area contributed by atoms with Crippen LogP contribution >= 0.6 is 0 Å². The lowest BCUT2D eigenvalue weighted by Crippen LogP contribution is -1.96. The van der Waals surface area contributed by atoms with Crippen molar-refractivity contribution < 1.29 is 8.83 Å². The standard InChI is InChI=1S/C46H28N2O2/c1-3-12-29(13-4-1)30-22-24-32(25-23-30)46-47-39(31-14-5-2-6-15-31)28-40(48-46)37-27-26-34(43-38-17-8-10-21-42(38)50-45(37)43)36-19-11-18-35-33-16-7-9-20-41(33)49-44(35)36/h1-28H. The van der Waals surface area contributed by atoms with Crippen LogP contribution in [0, 0.1) is 0 Å². The molecule has 0 aliphatic rings. The highest BCUT2D eigenvalue weighted by Gasteiger charge is 2.22. The quantitative estimate of drug-likeness (QED) is 0.188. The molecule has 0 saturated heterocycles. The van der Waals surface area contributed by atoms with Gasteiger partial charge in [0, 0.05) is 43.8 Å². The lowest BCUT2D eigenvalue weighted by molar-refractivity contribution is 0.669. The molecule has 0 amide bonds. The lowest BCUT2D eigenvalue weighted by atomic mass is 9.94. The molecule has 10 aromatic rings. The van der Waals surface area contributed by atoms with E-state index in [4.69, 9.17) is 18.8 Å². The van der Waals surface area contributed by atoms with Crippen molar-refractivity contribution in [3.05, 3.63) is 170 Å². The SMILES string of the molecule is c1ccc(-c2ccc(-c3nc(-c4ccccc4)cc(-c4ccc(-c5cccc6c5oc5ccccc56)c5c4oc4ccccc45)n3)cc2)cc1. The van der Waals surface area contributed by atoms with Crippen LogP contribution in [0.3, 0.4) is 0 Å². The number of furan rings is 2. The number of rotatable bonds is 5. The van der Waals surface area contributed by atoms with E-state index >= 15 is 0 Å². The molecule has 0 atom stereocenters. The maximum absolute atomic E-state index is 6.74. The monoisotopic (exact) mass is 640 g/mol. The molecular formula is C46H28N2O2. The molecule has 3 aromatic heterocycles. The minimum absolute atomic E-state index is 0.654. The third-order valence-corrected chi connectivity index (χ3v) is 9.54. The van der Waals surface area contributed by atoms with E-state index in [1.165, 1.54) is 5.56 Å². The maximum Gasteiger partial charge on any atom is 0.160 e. The van der Waals surface area contributed by atoms with Gasteiger partial charge in [-0.3, -0.25) is 0 Å². The Balaban J connectivity index is 1.20. The summed E-state index contributed by atoms with van der Waals surface area (Å²) in [6.07, 6.45) is 0. The van der Waals surface area contributed by atoms with Crippen LogP contribution in [0.2, 0.25) is 0 Å². The molecule has 4 heteroatoms. The summed E-state index contributed by atoms with van der Waals surface area (Å²) in [6, 6.07) is 58.3. The van der Waals surface area contributed by atoms with Gasteiger partial charge in [-0.15, -0.1) is 0 Å². The molecule has 0 N–H and O–H groups in total. The van der Waals surface area contributed by atoms with Crippen molar-refractivity contribution >= 4 is 43.9 Å². The highest BCUT2D eigenvalue weighted by atomic mass is 16.3. The second-order valence-corrected chi connectivity index (χ2v) is 12.5. The Kier molecular flexibility index (Phi) is 6.46. The summed E-state index contributed by atoms with van der Waals surface area (Å²) in [4.78, 5) is 10.3. The fraction of sp³-hybridized carbons (Fsp3) is 0. The normalized spacial score (nSPS) is 11.6. The molecule has 0 spiro atoms. The van der Waals surface area contributed by atoms with Gasteiger partial charge in [-0.05, 0) is 41.0 Å². The average molecular weight is 641 g/mol. The van der Waals surface area contributed by atoms with Gasteiger partial charge < -0.3 is 8.83 Å². The van der Waals surface area contributed by atoms with E-state index in [1.54, 1.807) is 0 Å². The van der Waals surface area contributed by atoms with E-state index in [0.717, 1.165) is 88.6 Å². The predicted octanol–water partition coefficient (Wildman–Crippen LogP) is 12.6. The molecular weight excluding hydrogens is 613 g/mol. The van der Waals surface area contributed by atoms with Crippen molar-refractivity contribution in [1.29, 1.82) is 0 Å². The summed E-state index contributed by atoms with van der Waals surface area (Å²) < 4.78 is 13.2. The summed E-state index contributed by atoms with van der Waals surface area (Å²) >= 11 is 0. The fourth-order valence-corrected chi connectivity index (χ4v) is 7.13. The summed E-state index contributed by atoms with van der Waals surface area (Å²) in [5, 5.41) is 4.27. The molecule has 50 heavy (non-hydrogen) atoms. The second kappa shape index (κ2) is 11.4. The summed E-state index contributed by atoms with van der Waals surface area (Å²) in [5.74, 6) is 0.654. The van der Waals surface area contributed by atoms with E-state index in [-0.39, 0.29) is 0 Å². The van der Waals surface area contributed by atoms with E-state index in [9.17, 15) is 0 Å². The van der Waals surface area contributed by atoms with Crippen LogP contribution in [0.5, 0.6) is 0 Å². The van der Waals surface area contributed by atoms with Gasteiger partial charge in [0.15, 0.2) is 5.82 Å². The van der Waals surface area contributed by atoms with E-state index in [1.807, 2.05) is 48.5 Å². The largest absolute Gasteiger partial charge is 0.455 e. The molecule has 0 radical (unpaired) electrons. The summed E-state index contributed by atoms with van der Waals surface area (Å²) in [5.41, 5.74) is 12.2. The molecule has 0 unspecified atom stereocenters. The molecule has 0 aliphatic carbocycles. The van der Waals surface area contributed by atoms with Gasteiger partial charge >= 0.3 is 0 Å². The van der Waals surface area contributed by atoms with Crippen molar-refractivity contribution in [2.75, 3.05) is 0 Å². The molecule has 4 nitrogen and oxygen atoms in total. The Labute approximate surface area is 287 Å². The zero-order valence-corrected chi connectivity index (χ0v) is 26.9. The number of fused-ring (bicyclic) bond motifs is 6. The molecule has 0 aliphatic heterocycles. The van der Waals surface area contributed by atoms with Gasteiger partial charge in [0.2, 0.25) is 0 Å². The number of nitrogens with zero attached hydrogens (tertiary/aromatic N) is 2. The van der Waals surface area contributed by atoms with Gasteiger partial charge in [-0.1, -0.05) is 146 Å². The Morgan fingerprint density at radius 1 is 0.340 bits per heavy atom. The number of para-hydroxylation sites is 3. The first-order valence-electron chi connectivity index (χ1n) is 16.7. The van der Waals surface area contributed by atoms with Crippen LogP contribution in [0.4, 0.5) is 0 Å². The lowest BCUT2D eigenvalue weighted by Gasteiger charge is -2.12. The van der Waals surface area contributed by atoms with E-state index < -0.39 is 0 Å². The fourth-order valence-electron chi connectivity index (χ4n) is 7.13. The smallest absolute Gasteiger partial charge is 0.160 e. The van der Waals surface area contributed by atoms with Crippen LogP contribution in [0.15, 0.2) is 179 Å². The number of aromatic nitrogens is 2. The molecule has 3 heterocycles. The molecule has 10 rings (SSSR count). The second-order valence-electron chi connectivity index (χ2n) is 12.5. The van der Waals surface area contributed by atoms with Crippen molar-refractivity contribution in [2.24, 2.45) is 0 Å². The number of hydrogen-bond donors (Lipinski definition) is 0. The van der Waals surface area contributed by atoms with Crippen molar-refractivity contribution in [1.82, 2.24) is 9.97 Å². The predicted molar refractivity (Wildman–Crippen MR) is 204 cm³/mol.